The number of carbonyl (C=O) groups excluding carboxylic acids is 2. The quantitative estimate of drug-likeness (QED) is 0.185. The number of nitrogens with one attached hydrogen (secondary N) is 1. The summed E-state index contributed by atoms with van der Waals surface area (Å²) >= 11 is 6.15. The number of benzene rings is 4. The van der Waals surface area contributed by atoms with E-state index in [0.29, 0.717) is 16.3 Å². The van der Waals surface area contributed by atoms with E-state index in [9.17, 15) is 18.0 Å². The molecule has 0 aromatic heterocycles. The zero-order chi connectivity index (χ0) is 33.3. The van der Waals surface area contributed by atoms with Gasteiger partial charge < -0.3 is 19.7 Å². The molecule has 0 aliphatic heterocycles. The van der Waals surface area contributed by atoms with Gasteiger partial charge in [0, 0.05) is 30.1 Å². The van der Waals surface area contributed by atoms with Gasteiger partial charge in [-0.15, -0.1) is 0 Å². The highest BCUT2D eigenvalue weighted by molar-refractivity contribution is 7.92. The third kappa shape index (κ3) is 8.58. The van der Waals surface area contributed by atoms with Crippen molar-refractivity contribution in [2.75, 3.05) is 25.1 Å². The second kappa shape index (κ2) is 15.6. The van der Waals surface area contributed by atoms with E-state index < -0.39 is 28.5 Å². The summed E-state index contributed by atoms with van der Waals surface area (Å²) in [7, 11) is -1.43. The molecule has 4 aromatic carbocycles. The van der Waals surface area contributed by atoms with Crippen molar-refractivity contribution < 1.29 is 27.5 Å². The molecule has 1 N–H and O–H groups in total. The van der Waals surface area contributed by atoms with Crippen molar-refractivity contribution in [3.05, 3.63) is 119 Å². The predicted octanol–water partition coefficient (Wildman–Crippen LogP) is 5.72. The maximum Gasteiger partial charge on any atom is 0.264 e. The molecule has 0 fully saturated rings. The van der Waals surface area contributed by atoms with Gasteiger partial charge in [0.15, 0.2) is 0 Å². The first-order valence-corrected chi connectivity index (χ1v) is 16.5. The van der Waals surface area contributed by atoms with E-state index in [1.54, 1.807) is 54.6 Å². The smallest absolute Gasteiger partial charge is 0.264 e. The standard InChI is InChI=1S/C35H38ClN3O6S/c1-25(2)37-35(41)32(21-26-11-7-5-8-12-26)38(23-27-15-17-28(36)18-16-27)34(40)24-39(46(42,43)30-13-9-6-10-14-30)31-22-29(44-3)19-20-33(31)45-4/h5-20,22,25,32H,21,23-24H2,1-4H3,(H,37,41)/t32-/m0/s1. The Morgan fingerprint density at radius 3 is 2.04 bits per heavy atom. The van der Waals surface area contributed by atoms with Gasteiger partial charge in [0.1, 0.15) is 24.1 Å². The molecule has 9 nitrogen and oxygen atoms in total. The molecular weight excluding hydrogens is 626 g/mol. The van der Waals surface area contributed by atoms with Crippen LogP contribution in [0.5, 0.6) is 11.5 Å². The van der Waals surface area contributed by atoms with Crippen molar-refractivity contribution in [1.29, 1.82) is 0 Å². The molecule has 4 aromatic rings. The largest absolute Gasteiger partial charge is 0.497 e. The number of anilines is 1. The van der Waals surface area contributed by atoms with Crippen molar-refractivity contribution in [3.63, 3.8) is 0 Å². The number of amides is 2. The van der Waals surface area contributed by atoms with Gasteiger partial charge >= 0.3 is 0 Å². The van der Waals surface area contributed by atoms with Crippen LogP contribution in [0.1, 0.15) is 25.0 Å². The van der Waals surface area contributed by atoms with Crippen LogP contribution in [0, 0.1) is 0 Å². The van der Waals surface area contributed by atoms with Crippen LogP contribution in [0.25, 0.3) is 0 Å². The summed E-state index contributed by atoms with van der Waals surface area (Å²) in [6.07, 6.45) is 0.201. The lowest BCUT2D eigenvalue weighted by atomic mass is 10.0. The average Bonchev–Trinajstić information content (AvgIpc) is 3.06. The van der Waals surface area contributed by atoms with Gasteiger partial charge in [-0.25, -0.2) is 8.42 Å². The van der Waals surface area contributed by atoms with Crippen LogP contribution in [-0.2, 0) is 32.6 Å². The first kappa shape index (κ1) is 34.3. The Kier molecular flexibility index (Phi) is 11.7. The molecule has 46 heavy (non-hydrogen) atoms. The Labute approximate surface area is 275 Å². The highest BCUT2D eigenvalue weighted by atomic mass is 35.5. The lowest BCUT2D eigenvalue weighted by Gasteiger charge is -2.34. The molecule has 0 radical (unpaired) electrons. The zero-order valence-electron chi connectivity index (χ0n) is 26.2. The Bertz CT molecular complexity index is 1720. The topological polar surface area (TPSA) is 105 Å². The normalized spacial score (nSPS) is 11.9. The molecule has 0 spiro atoms. The molecule has 0 bridgehead atoms. The number of sulfonamides is 1. The number of rotatable bonds is 14. The molecule has 0 unspecified atom stereocenters. The molecule has 2 amide bonds. The van der Waals surface area contributed by atoms with Crippen molar-refractivity contribution in [3.8, 4) is 11.5 Å². The highest BCUT2D eigenvalue weighted by Crippen LogP contribution is 2.36. The maximum atomic E-state index is 14.6. The summed E-state index contributed by atoms with van der Waals surface area (Å²) in [5.41, 5.74) is 1.66. The molecule has 1 atom stereocenters. The molecule has 0 saturated carbocycles. The molecule has 11 heteroatoms. The van der Waals surface area contributed by atoms with Crippen LogP contribution in [0.3, 0.4) is 0 Å². The van der Waals surface area contributed by atoms with Gasteiger partial charge in [-0.05, 0) is 61.4 Å². The maximum absolute atomic E-state index is 14.6. The van der Waals surface area contributed by atoms with Crippen LogP contribution in [-0.4, -0.2) is 58.0 Å². The molecule has 242 valence electrons. The van der Waals surface area contributed by atoms with E-state index in [4.69, 9.17) is 21.1 Å². The number of halogens is 1. The second-order valence-electron chi connectivity index (χ2n) is 10.9. The first-order chi connectivity index (χ1) is 22.0. The van der Waals surface area contributed by atoms with Crippen LogP contribution in [0.4, 0.5) is 5.69 Å². The van der Waals surface area contributed by atoms with Crippen LogP contribution in [0.2, 0.25) is 5.02 Å². The Balaban J connectivity index is 1.86. The third-order valence-corrected chi connectivity index (χ3v) is 9.26. The number of carbonyl (C=O) groups is 2. The fourth-order valence-electron chi connectivity index (χ4n) is 4.95. The van der Waals surface area contributed by atoms with Crippen molar-refractivity contribution >= 4 is 39.1 Å². The number of hydrogen-bond acceptors (Lipinski definition) is 6. The molecule has 4 rings (SSSR count). The molecule has 0 heterocycles. The average molecular weight is 664 g/mol. The predicted molar refractivity (Wildman–Crippen MR) is 180 cm³/mol. The molecule has 0 saturated heterocycles. The minimum Gasteiger partial charge on any atom is -0.497 e. The minimum absolute atomic E-state index is 0.0182. The number of hydrogen-bond donors (Lipinski definition) is 1. The van der Waals surface area contributed by atoms with E-state index in [-0.39, 0.29) is 41.2 Å². The summed E-state index contributed by atoms with van der Waals surface area (Å²) in [4.78, 5) is 29.8. The first-order valence-electron chi connectivity index (χ1n) is 14.7. The zero-order valence-corrected chi connectivity index (χ0v) is 27.8. The monoisotopic (exact) mass is 663 g/mol. The van der Waals surface area contributed by atoms with Gasteiger partial charge in [0.25, 0.3) is 10.0 Å². The van der Waals surface area contributed by atoms with Gasteiger partial charge in [-0.3, -0.25) is 13.9 Å². The van der Waals surface area contributed by atoms with Gasteiger partial charge in [0.2, 0.25) is 11.8 Å². The summed E-state index contributed by atoms with van der Waals surface area (Å²) in [6.45, 7) is 3.07. The fourth-order valence-corrected chi connectivity index (χ4v) is 6.51. The number of methoxy groups -OCH3 is 2. The van der Waals surface area contributed by atoms with Gasteiger partial charge in [-0.1, -0.05) is 72.3 Å². The third-order valence-electron chi connectivity index (χ3n) is 7.23. The van der Waals surface area contributed by atoms with E-state index in [2.05, 4.69) is 5.32 Å². The minimum atomic E-state index is -4.31. The fraction of sp³-hybridized carbons (Fsp3) is 0.257. The molecule has 0 aliphatic rings. The summed E-state index contributed by atoms with van der Waals surface area (Å²) in [6, 6.07) is 27.7. The summed E-state index contributed by atoms with van der Waals surface area (Å²) in [5, 5.41) is 3.46. The Morgan fingerprint density at radius 2 is 1.46 bits per heavy atom. The second-order valence-corrected chi connectivity index (χ2v) is 13.2. The number of ether oxygens (including phenoxy) is 2. The van der Waals surface area contributed by atoms with Crippen LogP contribution >= 0.6 is 11.6 Å². The molecular formula is C35H38ClN3O6S. The Morgan fingerprint density at radius 1 is 0.826 bits per heavy atom. The summed E-state index contributed by atoms with van der Waals surface area (Å²) < 4.78 is 40.5. The van der Waals surface area contributed by atoms with Crippen molar-refractivity contribution in [1.82, 2.24) is 10.2 Å². The van der Waals surface area contributed by atoms with Gasteiger partial charge in [0.05, 0.1) is 24.8 Å². The van der Waals surface area contributed by atoms with Crippen LogP contribution < -0.4 is 19.1 Å². The van der Waals surface area contributed by atoms with Gasteiger partial charge in [-0.2, -0.15) is 0 Å². The van der Waals surface area contributed by atoms with Crippen molar-refractivity contribution in [2.45, 2.75) is 43.8 Å². The van der Waals surface area contributed by atoms with Crippen molar-refractivity contribution in [2.24, 2.45) is 0 Å². The molecule has 0 aliphatic carbocycles. The van der Waals surface area contributed by atoms with E-state index in [1.165, 1.54) is 37.3 Å². The van der Waals surface area contributed by atoms with E-state index in [0.717, 1.165) is 9.87 Å². The summed E-state index contributed by atoms with van der Waals surface area (Å²) in [5.74, 6) is -0.375. The highest BCUT2D eigenvalue weighted by Gasteiger charge is 2.36. The van der Waals surface area contributed by atoms with Crippen LogP contribution in [0.15, 0.2) is 108 Å². The lowest BCUT2D eigenvalue weighted by Crippen LogP contribution is -2.54. The lowest BCUT2D eigenvalue weighted by molar-refractivity contribution is -0.140. The Hall–Kier alpha value is -4.54. The van der Waals surface area contributed by atoms with E-state index >= 15 is 0 Å². The SMILES string of the molecule is COc1ccc(OC)c(N(CC(=O)N(Cc2ccc(Cl)cc2)[C@@H](Cc2ccccc2)C(=O)NC(C)C)S(=O)(=O)c2ccccc2)c1. The number of nitrogens with zero attached hydrogens (tertiary/aromatic N) is 2. The van der Waals surface area contributed by atoms with E-state index in [1.807, 2.05) is 44.2 Å².